The molecule has 3 rings (SSSR count). The molecule has 1 saturated carbocycles. The Hall–Kier alpha value is -2.04. The molecule has 182 valence electrons. The van der Waals surface area contributed by atoms with Crippen LogP contribution >= 0.6 is 0 Å². The van der Waals surface area contributed by atoms with Crippen molar-refractivity contribution in [2.45, 2.75) is 83.5 Å². The van der Waals surface area contributed by atoms with Crippen molar-refractivity contribution in [3.05, 3.63) is 58.7 Å². The van der Waals surface area contributed by atoms with Gasteiger partial charge in [-0.25, -0.2) is 0 Å². The lowest BCUT2D eigenvalue weighted by Crippen LogP contribution is -2.28. The predicted molar refractivity (Wildman–Crippen MR) is 135 cm³/mol. The summed E-state index contributed by atoms with van der Waals surface area (Å²) in [5, 5.41) is 18.4. The second kappa shape index (κ2) is 13.0. The number of hydrogen-bond acceptors (Lipinski definition) is 4. The third-order valence-corrected chi connectivity index (χ3v) is 6.92. The molecule has 0 bridgehead atoms. The van der Waals surface area contributed by atoms with E-state index in [9.17, 15) is 10.2 Å². The van der Waals surface area contributed by atoms with Gasteiger partial charge in [-0.15, -0.1) is 0 Å². The van der Waals surface area contributed by atoms with Crippen molar-refractivity contribution in [1.82, 2.24) is 0 Å². The molecule has 2 aromatic carbocycles. The van der Waals surface area contributed by atoms with Gasteiger partial charge in [-0.3, -0.25) is 0 Å². The Bertz CT molecular complexity index is 789. The molecule has 33 heavy (non-hydrogen) atoms. The third-order valence-electron chi connectivity index (χ3n) is 6.92. The van der Waals surface area contributed by atoms with E-state index < -0.39 is 0 Å². The van der Waals surface area contributed by atoms with E-state index >= 15 is 0 Å². The van der Waals surface area contributed by atoms with Gasteiger partial charge < -0.3 is 19.7 Å². The average molecular weight is 455 g/mol. The quantitative estimate of drug-likeness (QED) is 0.388. The number of aliphatic hydroxyl groups excluding tert-OH is 2. The van der Waals surface area contributed by atoms with Gasteiger partial charge in [-0.1, -0.05) is 76.6 Å². The Morgan fingerprint density at radius 2 is 1.15 bits per heavy atom. The maximum absolute atomic E-state index is 9.22. The van der Waals surface area contributed by atoms with E-state index in [0.717, 1.165) is 50.0 Å². The third kappa shape index (κ3) is 6.30. The Kier molecular flexibility index (Phi) is 10.1. The van der Waals surface area contributed by atoms with Crippen LogP contribution in [0.5, 0.6) is 11.5 Å². The molecule has 0 aromatic heterocycles. The molecule has 4 nitrogen and oxygen atoms in total. The summed E-state index contributed by atoms with van der Waals surface area (Å²) in [5.74, 6) is 1.80. The second-order valence-corrected chi connectivity index (χ2v) is 9.29. The monoisotopic (exact) mass is 454 g/mol. The normalized spacial score (nSPS) is 15.8. The van der Waals surface area contributed by atoms with Gasteiger partial charge in [0.2, 0.25) is 0 Å². The van der Waals surface area contributed by atoms with E-state index in [4.69, 9.17) is 9.47 Å². The summed E-state index contributed by atoms with van der Waals surface area (Å²) in [6, 6.07) is 13.5. The van der Waals surface area contributed by atoms with Crippen molar-refractivity contribution in [2.75, 3.05) is 26.4 Å². The summed E-state index contributed by atoms with van der Waals surface area (Å²) in [7, 11) is 0. The molecule has 1 aliphatic carbocycles. The van der Waals surface area contributed by atoms with Gasteiger partial charge in [0.1, 0.15) is 24.7 Å². The Morgan fingerprint density at radius 1 is 0.697 bits per heavy atom. The van der Waals surface area contributed by atoms with E-state index in [1.54, 1.807) is 0 Å². The number of hydrogen-bond donors (Lipinski definition) is 2. The number of benzene rings is 2. The van der Waals surface area contributed by atoms with Crippen molar-refractivity contribution >= 4 is 0 Å². The van der Waals surface area contributed by atoms with Gasteiger partial charge in [0.25, 0.3) is 0 Å². The summed E-state index contributed by atoms with van der Waals surface area (Å²) in [5.41, 5.74) is 5.24. The van der Waals surface area contributed by atoms with Crippen LogP contribution in [0, 0.1) is 0 Å². The Morgan fingerprint density at radius 3 is 1.55 bits per heavy atom. The highest BCUT2D eigenvalue weighted by molar-refractivity contribution is 5.49. The van der Waals surface area contributed by atoms with Crippen LogP contribution in [0.2, 0.25) is 0 Å². The van der Waals surface area contributed by atoms with E-state index in [-0.39, 0.29) is 18.6 Å². The summed E-state index contributed by atoms with van der Waals surface area (Å²) in [6.45, 7) is 5.12. The van der Waals surface area contributed by atoms with Crippen LogP contribution in [-0.4, -0.2) is 36.6 Å². The van der Waals surface area contributed by atoms with E-state index in [2.05, 4.69) is 50.2 Å². The fraction of sp³-hybridized carbons (Fsp3) is 0.586. The molecule has 0 radical (unpaired) electrons. The first-order chi connectivity index (χ1) is 16.2. The highest BCUT2D eigenvalue weighted by atomic mass is 16.5. The molecule has 2 N–H and O–H groups in total. The van der Waals surface area contributed by atoms with Crippen LogP contribution < -0.4 is 9.47 Å². The molecule has 1 fully saturated rings. The number of aliphatic hydroxyl groups is 2. The largest absolute Gasteiger partial charge is 0.491 e. The van der Waals surface area contributed by atoms with E-state index in [1.807, 2.05) is 0 Å². The number of aryl methyl sites for hydroxylation is 2. The molecule has 2 aromatic rings. The molecule has 0 spiro atoms. The van der Waals surface area contributed by atoms with Crippen LogP contribution in [0.1, 0.15) is 87.5 Å². The van der Waals surface area contributed by atoms with Crippen LogP contribution in [0.15, 0.2) is 36.4 Å². The molecule has 0 atom stereocenters. The number of ether oxygens (including phenoxy) is 2. The average Bonchev–Trinajstić information content (AvgIpc) is 3.10. The zero-order valence-corrected chi connectivity index (χ0v) is 20.6. The molecule has 0 unspecified atom stereocenters. The van der Waals surface area contributed by atoms with Crippen LogP contribution in [0.3, 0.4) is 0 Å². The second-order valence-electron chi connectivity index (χ2n) is 9.29. The summed E-state index contributed by atoms with van der Waals surface area (Å²) in [4.78, 5) is 0. The van der Waals surface area contributed by atoms with Crippen molar-refractivity contribution in [2.24, 2.45) is 0 Å². The molecule has 0 amide bonds. The van der Waals surface area contributed by atoms with E-state index in [1.165, 1.54) is 47.9 Å². The van der Waals surface area contributed by atoms with Gasteiger partial charge in [-0.2, -0.15) is 0 Å². The molecular formula is C29H42O4. The highest BCUT2D eigenvalue weighted by Crippen LogP contribution is 2.46. The molecule has 1 aliphatic rings. The van der Waals surface area contributed by atoms with Crippen LogP contribution in [-0.2, 0) is 18.3 Å². The van der Waals surface area contributed by atoms with Gasteiger partial charge in [-0.05, 0) is 60.1 Å². The highest BCUT2D eigenvalue weighted by Gasteiger charge is 2.35. The minimum absolute atomic E-state index is 0.00744. The summed E-state index contributed by atoms with van der Waals surface area (Å²) in [6.07, 6.45) is 11.4. The smallest absolute Gasteiger partial charge is 0.122 e. The topological polar surface area (TPSA) is 58.9 Å². The van der Waals surface area contributed by atoms with Gasteiger partial charge >= 0.3 is 0 Å². The van der Waals surface area contributed by atoms with Crippen molar-refractivity contribution < 1.29 is 19.7 Å². The van der Waals surface area contributed by atoms with Gasteiger partial charge in [0.15, 0.2) is 0 Å². The lowest BCUT2D eigenvalue weighted by atomic mass is 9.68. The maximum Gasteiger partial charge on any atom is 0.122 e. The van der Waals surface area contributed by atoms with Gasteiger partial charge in [0.05, 0.1) is 13.2 Å². The minimum atomic E-state index is -0.00744. The standard InChI is InChI=1S/C29H42O4/c1-3-9-23-21-25(11-13-27(23)32-19-17-30)29(15-7-5-6-8-16-29)26-12-14-28(33-20-18-31)24(22-26)10-4-2/h11-14,21-22,30-31H,3-10,15-20H2,1-2H3. The first-order valence-electron chi connectivity index (χ1n) is 12.9. The zero-order chi connectivity index (χ0) is 23.5. The SMILES string of the molecule is CCCc1cc(C2(c3ccc(OCCO)c(CCC)c3)CCCCCC2)ccc1OCCO. The summed E-state index contributed by atoms with van der Waals surface area (Å²) >= 11 is 0. The lowest BCUT2D eigenvalue weighted by Gasteiger charge is -2.35. The maximum atomic E-state index is 9.22. The first kappa shape index (κ1) is 25.6. The Balaban J connectivity index is 2.08. The van der Waals surface area contributed by atoms with Crippen LogP contribution in [0.4, 0.5) is 0 Å². The fourth-order valence-corrected chi connectivity index (χ4v) is 5.35. The van der Waals surface area contributed by atoms with Crippen molar-refractivity contribution in [3.63, 3.8) is 0 Å². The zero-order valence-electron chi connectivity index (χ0n) is 20.6. The predicted octanol–water partition coefficient (Wildman–Crippen LogP) is 5.97. The number of rotatable bonds is 12. The van der Waals surface area contributed by atoms with Gasteiger partial charge in [0, 0.05) is 5.41 Å². The summed E-state index contributed by atoms with van der Waals surface area (Å²) < 4.78 is 11.7. The van der Waals surface area contributed by atoms with E-state index in [0.29, 0.717) is 13.2 Å². The van der Waals surface area contributed by atoms with Crippen molar-refractivity contribution in [1.29, 1.82) is 0 Å². The van der Waals surface area contributed by atoms with Crippen molar-refractivity contribution in [3.8, 4) is 11.5 Å². The molecule has 0 saturated heterocycles. The minimum Gasteiger partial charge on any atom is -0.491 e. The fourth-order valence-electron chi connectivity index (χ4n) is 5.35. The molecule has 0 aliphatic heterocycles. The van der Waals surface area contributed by atoms with Crippen LogP contribution in [0.25, 0.3) is 0 Å². The lowest BCUT2D eigenvalue weighted by molar-refractivity contribution is 0.200. The molecular weight excluding hydrogens is 412 g/mol. The molecule has 0 heterocycles. The molecule has 4 heteroatoms. The first-order valence-corrected chi connectivity index (χ1v) is 12.9. The Labute approximate surface area is 200 Å².